The Morgan fingerprint density at radius 3 is 2.92 bits per heavy atom. The number of hydrazone groups is 1. The molecule has 5 nitrogen and oxygen atoms in total. The van der Waals surface area contributed by atoms with Crippen LogP contribution in [0, 0.1) is 0 Å². The zero-order valence-electron chi connectivity index (χ0n) is 12.9. The summed E-state index contributed by atoms with van der Waals surface area (Å²) in [6.07, 6.45) is 1.46. The maximum Gasteiger partial charge on any atom is 0.277 e. The molecule has 0 aliphatic rings. The monoisotopic (exact) mass is 417 g/mol. The van der Waals surface area contributed by atoms with Gasteiger partial charge in [0.25, 0.3) is 5.91 Å². The normalized spacial score (nSPS) is 11.0. The van der Waals surface area contributed by atoms with Crippen LogP contribution in [0.15, 0.2) is 64.2 Å². The zero-order chi connectivity index (χ0) is 17.6. The van der Waals surface area contributed by atoms with Gasteiger partial charge in [-0.1, -0.05) is 51.8 Å². The molecule has 0 spiro atoms. The van der Waals surface area contributed by atoms with Gasteiger partial charge >= 0.3 is 0 Å². The second-order valence-corrected chi connectivity index (χ2v) is 6.37. The smallest absolute Gasteiger partial charge is 0.277 e. The molecule has 0 atom stereocenters. The van der Waals surface area contributed by atoms with Crippen molar-refractivity contribution in [2.75, 3.05) is 6.61 Å². The average molecular weight is 419 g/mol. The van der Waals surface area contributed by atoms with Crippen LogP contribution in [0.4, 0.5) is 0 Å². The molecule has 0 aliphatic heterocycles. The lowest BCUT2D eigenvalue weighted by atomic mass is 10.2. The third kappa shape index (κ3) is 4.78. The van der Waals surface area contributed by atoms with Crippen molar-refractivity contribution in [2.45, 2.75) is 0 Å². The van der Waals surface area contributed by atoms with Crippen LogP contribution in [0.25, 0.3) is 10.9 Å². The summed E-state index contributed by atoms with van der Waals surface area (Å²) in [4.78, 5) is 16.1. The number of para-hydroxylation sites is 1. The Morgan fingerprint density at radius 1 is 1.24 bits per heavy atom. The number of amides is 1. The second-order valence-electron chi connectivity index (χ2n) is 5.10. The van der Waals surface area contributed by atoms with E-state index in [1.165, 1.54) is 6.21 Å². The minimum atomic E-state index is -0.374. The quantitative estimate of drug-likeness (QED) is 0.384. The molecule has 0 unspecified atom stereocenters. The molecular weight excluding hydrogens is 406 g/mol. The Kier molecular flexibility index (Phi) is 5.63. The number of hydrogen-bond donors (Lipinski definition) is 1. The molecule has 1 amide bonds. The summed E-state index contributed by atoms with van der Waals surface area (Å²) in [5.74, 6) is 0.219. The molecule has 0 radical (unpaired) electrons. The van der Waals surface area contributed by atoms with Crippen molar-refractivity contribution in [1.82, 2.24) is 10.4 Å². The number of pyridine rings is 1. The molecule has 1 heterocycles. The van der Waals surface area contributed by atoms with Crippen LogP contribution in [-0.2, 0) is 4.79 Å². The molecule has 2 aromatic carbocycles. The highest BCUT2D eigenvalue weighted by Gasteiger charge is 2.04. The first kappa shape index (κ1) is 17.4. The van der Waals surface area contributed by atoms with Crippen molar-refractivity contribution in [3.63, 3.8) is 0 Å². The van der Waals surface area contributed by atoms with E-state index in [1.807, 2.05) is 42.5 Å². The number of carbonyl (C=O) groups is 1. The highest BCUT2D eigenvalue weighted by molar-refractivity contribution is 9.10. The van der Waals surface area contributed by atoms with Crippen LogP contribution in [0.1, 0.15) is 5.56 Å². The van der Waals surface area contributed by atoms with E-state index in [1.54, 1.807) is 12.1 Å². The lowest BCUT2D eigenvalue weighted by Crippen LogP contribution is -2.24. The van der Waals surface area contributed by atoms with Gasteiger partial charge in [-0.15, -0.1) is 0 Å². The number of fused-ring (bicyclic) bond motifs is 1. The summed E-state index contributed by atoms with van der Waals surface area (Å²) in [7, 11) is 0. The lowest BCUT2D eigenvalue weighted by Gasteiger charge is -2.05. The van der Waals surface area contributed by atoms with Crippen LogP contribution in [0.2, 0.25) is 5.15 Å². The number of benzene rings is 2. The SMILES string of the molecule is O=C(COc1cccc(Br)c1)N/N=C\c1cc2ccccc2nc1Cl. The summed E-state index contributed by atoms with van der Waals surface area (Å²) in [6.45, 7) is -0.141. The van der Waals surface area contributed by atoms with Gasteiger partial charge < -0.3 is 4.74 Å². The van der Waals surface area contributed by atoms with Crippen molar-refractivity contribution >= 4 is 50.6 Å². The molecule has 0 fully saturated rings. The van der Waals surface area contributed by atoms with Crippen molar-refractivity contribution < 1.29 is 9.53 Å². The minimum absolute atomic E-state index is 0.141. The third-order valence-corrected chi connectivity index (χ3v) is 4.06. The second kappa shape index (κ2) is 8.09. The zero-order valence-corrected chi connectivity index (χ0v) is 15.3. The van der Waals surface area contributed by atoms with E-state index < -0.39 is 0 Å². The fraction of sp³-hybridized carbons (Fsp3) is 0.0556. The van der Waals surface area contributed by atoms with Gasteiger partial charge in [-0.2, -0.15) is 5.10 Å². The highest BCUT2D eigenvalue weighted by atomic mass is 79.9. The molecule has 25 heavy (non-hydrogen) atoms. The molecule has 0 saturated carbocycles. The average Bonchev–Trinajstić information content (AvgIpc) is 2.60. The maximum atomic E-state index is 11.8. The highest BCUT2D eigenvalue weighted by Crippen LogP contribution is 2.19. The van der Waals surface area contributed by atoms with Crippen LogP contribution < -0.4 is 10.2 Å². The third-order valence-electron chi connectivity index (χ3n) is 3.26. The van der Waals surface area contributed by atoms with Crippen LogP contribution >= 0.6 is 27.5 Å². The van der Waals surface area contributed by atoms with Gasteiger partial charge in [0, 0.05) is 15.4 Å². The largest absolute Gasteiger partial charge is 0.484 e. The number of carbonyl (C=O) groups excluding carboxylic acids is 1. The molecule has 1 aromatic heterocycles. The Bertz CT molecular complexity index is 947. The number of nitrogens with zero attached hydrogens (tertiary/aromatic N) is 2. The van der Waals surface area contributed by atoms with Gasteiger partial charge in [0.1, 0.15) is 10.9 Å². The molecule has 7 heteroatoms. The number of nitrogens with one attached hydrogen (secondary N) is 1. The first-order valence-electron chi connectivity index (χ1n) is 7.37. The summed E-state index contributed by atoms with van der Waals surface area (Å²) in [6, 6.07) is 16.7. The first-order chi connectivity index (χ1) is 12.1. The molecule has 1 N–H and O–H groups in total. The van der Waals surface area contributed by atoms with Gasteiger partial charge in [0.05, 0.1) is 11.7 Å². The van der Waals surface area contributed by atoms with Crippen molar-refractivity contribution in [3.8, 4) is 5.75 Å². The van der Waals surface area contributed by atoms with Crippen LogP contribution in [0.5, 0.6) is 5.75 Å². The molecule has 0 aliphatic carbocycles. The molecule has 3 aromatic rings. The predicted molar refractivity (Wildman–Crippen MR) is 102 cm³/mol. The summed E-state index contributed by atoms with van der Waals surface area (Å²) in [5, 5.41) is 5.16. The molecule has 3 rings (SSSR count). The Balaban J connectivity index is 1.59. The molecule has 0 bridgehead atoms. The number of rotatable bonds is 5. The van der Waals surface area contributed by atoms with Crippen LogP contribution in [0.3, 0.4) is 0 Å². The summed E-state index contributed by atoms with van der Waals surface area (Å²) < 4.78 is 6.26. The van der Waals surface area contributed by atoms with Crippen LogP contribution in [-0.4, -0.2) is 23.7 Å². The summed E-state index contributed by atoms with van der Waals surface area (Å²) in [5.41, 5.74) is 3.82. The summed E-state index contributed by atoms with van der Waals surface area (Å²) >= 11 is 9.47. The van der Waals surface area contributed by atoms with E-state index in [0.29, 0.717) is 16.5 Å². The molecule has 126 valence electrons. The Labute approximate surface area is 157 Å². The van der Waals surface area contributed by atoms with Gasteiger partial charge in [0.15, 0.2) is 6.61 Å². The van der Waals surface area contributed by atoms with Gasteiger partial charge in [0.2, 0.25) is 0 Å². The van der Waals surface area contributed by atoms with Gasteiger partial charge in [-0.05, 0) is 30.3 Å². The fourth-order valence-electron chi connectivity index (χ4n) is 2.11. The lowest BCUT2D eigenvalue weighted by molar-refractivity contribution is -0.123. The number of hydrogen-bond acceptors (Lipinski definition) is 4. The molecular formula is C18H13BrClN3O2. The topological polar surface area (TPSA) is 63.6 Å². The number of aromatic nitrogens is 1. The number of halogens is 2. The van der Waals surface area contributed by atoms with E-state index in [2.05, 4.69) is 31.4 Å². The standard InChI is InChI=1S/C18H13BrClN3O2/c19-14-5-3-6-15(9-14)25-11-17(24)23-21-10-13-8-12-4-1-2-7-16(12)22-18(13)20/h1-10H,11H2,(H,23,24)/b21-10-. The van der Waals surface area contributed by atoms with E-state index in [4.69, 9.17) is 16.3 Å². The van der Waals surface area contributed by atoms with Gasteiger partial charge in [-0.3, -0.25) is 4.79 Å². The first-order valence-corrected chi connectivity index (χ1v) is 8.54. The van der Waals surface area contributed by atoms with E-state index in [0.717, 1.165) is 15.4 Å². The van der Waals surface area contributed by atoms with E-state index >= 15 is 0 Å². The fourth-order valence-corrected chi connectivity index (χ4v) is 2.68. The van der Waals surface area contributed by atoms with Gasteiger partial charge in [-0.25, -0.2) is 10.4 Å². The Morgan fingerprint density at radius 2 is 2.08 bits per heavy atom. The maximum absolute atomic E-state index is 11.8. The van der Waals surface area contributed by atoms with E-state index in [9.17, 15) is 4.79 Å². The van der Waals surface area contributed by atoms with Crippen molar-refractivity contribution in [1.29, 1.82) is 0 Å². The predicted octanol–water partition coefficient (Wildman–Crippen LogP) is 4.18. The Hall–Kier alpha value is -2.44. The minimum Gasteiger partial charge on any atom is -0.484 e. The van der Waals surface area contributed by atoms with E-state index in [-0.39, 0.29) is 12.5 Å². The number of ether oxygens (including phenoxy) is 1. The van der Waals surface area contributed by atoms with Crippen molar-refractivity contribution in [3.05, 3.63) is 69.8 Å². The van der Waals surface area contributed by atoms with Crippen molar-refractivity contribution in [2.24, 2.45) is 5.10 Å². The molecule has 0 saturated heterocycles.